The number of carbonyl (C=O) groups is 2. The minimum atomic E-state index is -0.0958. The molecule has 0 spiro atoms. The summed E-state index contributed by atoms with van der Waals surface area (Å²) in [5, 5.41) is 3.14. The Morgan fingerprint density at radius 3 is 2.92 bits per heavy atom. The Bertz CT molecular complexity index is 626. The van der Waals surface area contributed by atoms with E-state index in [-0.39, 0.29) is 17.7 Å². The Balaban J connectivity index is 1.56. The third-order valence-corrected chi connectivity index (χ3v) is 5.29. The molecule has 1 fully saturated rings. The lowest BCUT2D eigenvalue weighted by molar-refractivity contribution is -0.132. The topological polar surface area (TPSA) is 49.4 Å². The van der Waals surface area contributed by atoms with Crippen molar-refractivity contribution in [2.75, 3.05) is 19.6 Å². The average Bonchev–Trinajstić information content (AvgIpc) is 2.65. The fraction of sp³-hybridized carbons (Fsp3) is 0.500. The van der Waals surface area contributed by atoms with Crippen molar-refractivity contribution in [3.63, 3.8) is 0 Å². The van der Waals surface area contributed by atoms with E-state index in [1.54, 1.807) is 4.90 Å². The summed E-state index contributed by atoms with van der Waals surface area (Å²) in [7, 11) is 0. The van der Waals surface area contributed by atoms with Crippen molar-refractivity contribution >= 4 is 11.8 Å². The van der Waals surface area contributed by atoms with Gasteiger partial charge in [-0.1, -0.05) is 30.8 Å². The van der Waals surface area contributed by atoms with Crippen LogP contribution in [0.2, 0.25) is 0 Å². The number of hydrogen-bond acceptors (Lipinski definition) is 2. The SMILES string of the molecule is C=CC(=O)N1CCCC(C(=O)NCC2CCCc3ccccc32)C1. The Morgan fingerprint density at radius 1 is 1.25 bits per heavy atom. The van der Waals surface area contributed by atoms with Crippen LogP contribution >= 0.6 is 0 Å². The summed E-state index contributed by atoms with van der Waals surface area (Å²) in [5.74, 6) is 0.322. The molecule has 3 rings (SSSR count). The maximum atomic E-state index is 12.5. The van der Waals surface area contributed by atoms with Gasteiger partial charge in [-0.3, -0.25) is 9.59 Å². The van der Waals surface area contributed by atoms with E-state index >= 15 is 0 Å². The summed E-state index contributed by atoms with van der Waals surface area (Å²) < 4.78 is 0. The molecule has 1 heterocycles. The number of rotatable bonds is 4. The van der Waals surface area contributed by atoms with Crippen molar-refractivity contribution in [3.8, 4) is 0 Å². The first-order valence-corrected chi connectivity index (χ1v) is 8.96. The first-order chi connectivity index (χ1) is 11.7. The number of likely N-dealkylation sites (tertiary alicyclic amines) is 1. The van der Waals surface area contributed by atoms with Gasteiger partial charge in [0.05, 0.1) is 5.92 Å². The highest BCUT2D eigenvalue weighted by Gasteiger charge is 2.28. The molecule has 1 aliphatic carbocycles. The molecule has 2 aliphatic rings. The average molecular weight is 326 g/mol. The molecule has 1 N–H and O–H groups in total. The van der Waals surface area contributed by atoms with E-state index in [1.807, 2.05) is 0 Å². The molecule has 0 saturated carbocycles. The first kappa shape index (κ1) is 16.7. The van der Waals surface area contributed by atoms with E-state index < -0.39 is 0 Å². The number of hydrogen-bond donors (Lipinski definition) is 1. The van der Waals surface area contributed by atoms with Crippen molar-refractivity contribution in [1.29, 1.82) is 0 Å². The van der Waals surface area contributed by atoms with E-state index in [2.05, 4.69) is 36.2 Å². The lowest BCUT2D eigenvalue weighted by atomic mass is 9.82. The highest BCUT2D eigenvalue weighted by molar-refractivity contribution is 5.88. The molecule has 0 radical (unpaired) electrons. The molecule has 24 heavy (non-hydrogen) atoms. The van der Waals surface area contributed by atoms with Gasteiger partial charge in [0, 0.05) is 25.6 Å². The number of nitrogens with zero attached hydrogens (tertiary/aromatic N) is 1. The predicted octanol–water partition coefficient (Wildman–Crippen LogP) is 2.65. The van der Waals surface area contributed by atoms with Crippen LogP contribution in [0.4, 0.5) is 0 Å². The van der Waals surface area contributed by atoms with Crippen LogP contribution in [0.25, 0.3) is 0 Å². The second kappa shape index (κ2) is 7.65. The van der Waals surface area contributed by atoms with Gasteiger partial charge in [0.1, 0.15) is 0 Å². The van der Waals surface area contributed by atoms with Crippen molar-refractivity contribution in [3.05, 3.63) is 48.0 Å². The van der Waals surface area contributed by atoms with E-state index in [4.69, 9.17) is 0 Å². The van der Waals surface area contributed by atoms with Gasteiger partial charge in [0.15, 0.2) is 0 Å². The third-order valence-electron chi connectivity index (χ3n) is 5.29. The van der Waals surface area contributed by atoms with Gasteiger partial charge >= 0.3 is 0 Å². The summed E-state index contributed by atoms with van der Waals surface area (Å²) in [6.07, 6.45) is 6.52. The van der Waals surface area contributed by atoms with Crippen LogP contribution in [0.1, 0.15) is 42.7 Å². The monoisotopic (exact) mass is 326 g/mol. The Labute approximate surface area is 143 Å². The van der Waals surface area contributed by atoms with Gasteiger partial charge in [-0.15, -0.1) is 0 Å². The van der Waals surface area contributed by atoms with Crippen LogP contribution in [0.3, 0.4) is 0 Å². The molecule has 1 saturated heterocycles. The van der Waals surface area contributed by atoms with Crippen LogP contribution in [0.15, 0.2) is 36.9 Å². The summed E-state index contributed by atoms with van der Waals surface area (Å²) in [6.45, 7) is 5.47. The zero-order valence-electron chi connectivity index (χ0n) is 14.2. The molecular weight excluding hydrogens is 300 g/mol. The number of aryl methyl sites for hydroxylation is 1. The predicted molar refractivity (Wildman–Crippen MR) is 94.6 cm³/mol. The van der Waals surface area contributed by atoms with Crippen molar-refractivity contribution in [2.24, 2.45) is 5.92 Å². The molecule has 2 unspecified atom stereocenters. The molecule has 2 amide bonds. The fourth-order valence-corrected chi connectivity index (χ4v) is 3.96. The number of carbonyl (C=O) groups excluding carboxylic acids is 2. The van der Waals surface area contributed by atoms with Gasteiger partial charge < -0.3 is 10.2 Å². The smallest absolute Gasteiger partial charge is 0.245 e. The standard InChI is InChI=1S/C20H26N2O2/c1-2-19(23)22-12-6-10-17(14-22)20(24)21-13-16-9-5-8-15-7-3-4-11-18(15)16/h2-4,7,11,16-17H,1,5-6,8-10,12-14H2,(H,21,24). The van der Waals surface area contributed by atoms with E-state index in [0.717, 1.165) is 32.2 Å². The van der Waals surface area contributed by atoms with E-state index in [1.165, 1.54) is 23.6 Å². The first-order valence-electron chi connectivity index (χ1n) is 8.96. The quantitative estimate of drug-likeness (QED) is 0.865. The van der Waals surface area contributed by atoms with Crippen molar-refractivity contribution in [2.45, 2.75) is 38.0 Å². The normalized spacial score (nSPS) is 23.2. The summed E-state index contributed by atoms with van der Waals surface area (Å²) in [4.78, 5) is 26.0. The summed E-state index contributed by atoms with van der Waals surface area (Å²) in [5.41, 5.74) is 2.81. The van der Waals surface area contributed by atoms with Crippen LogP contribution in [0.5, 0.6) is 0 Å². The summed E-state index contributed by atoms with van der Waals surface area (Å²) >= 11 is 0. The molecule has 4 heteroatoms. The minimum Gasteiger partial charge on any atom is -0.355 e. The van der Waals surface area contributed by atoms with Crippen molar-refractivity contribution in [1.82, 2.24) is 10.2 Å². The van der Waals surface area contributed by atoms with E-state index in [0.29, 0.717) is 19.0 Å². The second-order valence-corrected chi connectivity index (χ2v) is 6.86. The number of piperidine rings is 1. The molecule has 1 aliphatic heterocycles. The highest BCUT2D eigenvalue weighted by Crippen LogP contribution is 2.31. The molecule has 2 atom stereocenters. The van der Waals surface area contributed by atoms with Crippen molar-refractivity contribution < 1.29 is 9.59 Å². The minimum absolute atomic E-state index is 0.0753. The fourth-order valence-electron chi connectivity index (χ4n) is 3.96. The largest absolute Gasteiger partial charge is 0.355 e. The van der Waals surface area contributed by atoms with E-state index in [9.17, 15) is 9.59 Å². The molecule has 128 valence electrons. The second-order valence-electron chi connectivity index (χ2n) is 6.86. The van der Waals surface area contributed by atoms with Gasteiger partial charge in [-0.25, -0.2) is 0 Å². The lowest BCUT2D eigenvalue weighted by Crippen LogP contribution is -2.45. The van der Waals surface area contributed by atoms with Gasteiger partial charge in [0.2, 0.25) is 11.8 Å². The molecule has 4 nitrogen and oxygen atoms in total. The van der Waals surface area contributed by atoms with Crippen LogP contribution < -0.4 is 5.32 Å². The molecular formula is C20H26N2O2. The van der Waals surface area contributed by atoms with Crippen LogP contribution in [-0.2, 0) is 16.0 Å². The van der Waals surface area contributed by atoms with Crippen LogP contribution in [-0.4, -0.2) is 36.3 Å². The molecule has 1 aromatic rings. The Kier molecular flexibility index (Phi) is 5.34. The number of amides is 2. The number of nitrogens with one attached hydrogen (secondary N) is 1. The Morgan fingerprint density at radius 2 is 2.08 bits per heavy atom. The molecule has 1 aromatic carbocycles. The third kappa shape index (κ3) is 3.69. The molecule has 0 aromatic heterocycles. The van der Waals surface area contributed by atoms with Gasteiger partial charge in [-0.2, -0.15) is 0 Å². The zero-order chi connectivity index (χ0) is 16.9. The Hall–Kier alpha value is -2.10. The van der Waals surface area contributed by atoms with Gasteiger partial charge in [-0.05, 0) is 49.3 Å². The maximum absolute atomic E-state index is 12.5. The number of fused-ring (bicyclic) bond motifs is 1. The summed E-state index contributed by atoms with van der Waals surface area (Å²) in [6, 6.07) is 8.56. The van der Waals surface area contributed by atoms with Gasteiger partial charge in [0.25, 0.3) is 0 Å². The van der Waals surface area contributed by atoms with Crippen LogP contribution in [0, 0.1) is 5.92 Å². The zero-order valence-corrected chi connectivity index (χ0v) is 14.2. The molecule has 0 bridgehead atoms. The lowest BCUT2D eigenvalue weighted by Gasteiger charge is -2.32. The maximum Gasteiger partial charge on any atom is 0.245 e. The number of benzene rings is 1. The highest BCUT2D eigenvalue weighted by atomic mass is 16.2.